The van der Waals surface area contributed by atoms with Gasteiger partial charge in [-0.05, 0) is 38.2 Å². The highest BCUT2D eigenvalue weighted by Gasteiger charge is 2.45. The number of nitrogens with one attached hydrogen (secondary N) is 1. The molecule has 1 amide bonds. The Hall–Kier alpha value is -3.43. The van der Waals surface area contributed by atoms with E-state index in [-0.39, 0.29) is 23.5 Å². The van der Waals surface area contributed by atoms with Crippen LogP contribution in [0.4, 0.5) is 10.2 Å². The van der Waals surface area contributed by atoms with Crippen molar-refractivity contribution in [2.75, 3.05) is 18.1 Å². The molecule has 10 heteroatoms. The predicted molar refractivity (Wildman–Crippen MR) is 115 cm³/mol. The standard InChI is InChI=1S/C23H23FN6O3/c24-14-6-13-9-29-16-2-1-3-17(16)33-18-10-30-19(28-20(18)29)15(8-27-30)21(31)26-11-23(4-5-23)12-32-22(13)25-7-14/h6-8,10,16-17H,1-5,9,11-12H2,(H,26,31)/t16-,17+/m1/s1. The number of anilines is 1. The van der Waals surface area contributed by atoms with Gasteiger partial charge in [0.15, 0.2) is 17.2 Å². The second-order valence-electron chi connectivity index (χ2n) is 9.63. The van der Waals surface area contributed by atoms with Gasteiger partial charge in [-0.3, -0.25) is 4.79 Å². The number of hydrogen-bond acceptors (Lipinski definition) is 7. The molecule has 0 saturated heterocycles. The number of halogens is 1. The van der Waals surface area contributed by atoms with E-state index in [1.165, 1.54) is 12.3 Å². The molecule has 5 heterocycles. The maximum atomic E-state index is 14.3. The lowest BCUT2D eigenvalue weighted by atomic mass is 10.1. The number of hydrogen-bond donors (Lipinski definition) is 1. The summed E-state index contributed by atoms with van der Waals surface area (Å²) < 4.78 is 28.3. The molecule has 9 nitrogen and oxygen atoms in total. The summed E-state index contributed by atoms with van der Waals surface area (Å²) >= 11 is 0. The zero-order valence-electron chi connectivity index (χ0n) is 18.0. The number of fused-ring (bicyclic) bond motifs is 3. The van der Waals surface area contributed by atoms with Gasteiger partial charge < -0.3 is 19.7 Å². The molecule has 170 valence electrons. The summed E-state index contributed by atoms with van der Waals surface area (Å²) in [4.78, 5) is 24.3. The number of aromatic nitrogens is 4. The first kappa shape index (κ1) is 19.1. The summed E-state index contributed by atoms with van der Waals surface area (Å²) in [5.74, 6) is 1.07. The molecule has 0 unspecified atom stereocenters. The van der Waals surface area contributed by atoms with Gasteiger partial charge in [-0.15, -0.1) is 0 Å². The second-order valence-corrected chi connectivity index (χ2v) is 9.63. The first-order chi connectivity index (χ1) is 16.1. The van der Waals surface area contributed by atoms with Crippen LogP contribution in [0.5, 0.6) is 11.6 Å². The van der Waals surface area contributed by atoms with Crippen LogP contribution in [0, 0.1) is 11.2 Å². The molecule has 2 aliphatic heterocycles. The van der Waals surface area contributed by atoms with Crippen molar-refractivity contribution in [3.05, 3.63) is 41.6 Å². The monoisotopic (exact) mass is 450 g/mol. The Kier molecular flexibility index (Phi) is 3.92. The zero-order valence-corrected chi connectivity index (χ0v) is 18.0. The van der Waals surface area contributed by atoms with E-state index in [2.05, 4.69) is 20.3 Å². The van der Waals surface area contributed by atoms with Crippen molar-refractivity contribution >= 4 is 17.4 Å². The molecule has 4 aliphatic rings. The fourth-order valence-corrected chi connectivity index (χ4v) is 5.28. The van der Waals surface area contributed by atoms with E-state index >= 15 is 0 Å². The molecule has 0 radical (unpaired) electrons. The number of nitrogens with zero attached hydrogens (tertiary/aromatic N) is 5. The minimum Gasteiger partial charge on any atom is -0.483 e. The lowest BCUT2D eigenvalue weighted by molar-refractivity contribution is 0.0938. The average Bonchev–Trinajstić information content (AvgIpc) is 3.21. The molecule has 2 atom stereocenters. The van der Waals surface area contributed by atoms with Gasteiger partial charge in [0.25, 0.3) is 5.91 Å². The molecule has 7 rings (SSSR count). The molecular formula is C23H23FN6O3. The minimum absolute atomic E-state index is 0.0228. The largest absolute Gasteiger partial charge is 0.483 e. The maximum absolute atomic E-state index is 14.3. The number of carbonyl (C=O) groups excluding carboxylic acids is 1. The summed E-state index contributed by atoms with van der Waals surface area (Å²) in [5.41, 5.74) is 1.46. The van der Waals surface area contributed by atoms with E-state index in [0.717, 1.165) is 32.1 Å². The molecule has 2 saturated carbocycles. The summed E-state index contributed by atoms with van der Waals surface area (Å²) in [6, 6.07) is 1.60. The van der Waals surface area contributed by atoms with E-state index in [9.17, 15) is 9.18 Å². The smallest absolute Gasteiger partial charge is 0.256 e. The molecule has 1 spiro atoms. The Morgan fingerprint density at radius 3 is 3.03 bits per heavy atom. The van der Waals surface area contributed by atoms with Crippen LogP contribution in [0.3, 0.4) is 0 Å². The van der Waals surface area contributed by atoms with Gasteiger partial charge >= 0.3 is 0 Å². The Labute approximate surface area is 188 Å². The number of pyridine rings is 1. The van der Waals surface area contributed by atoms with Crippen molar-refractivity contribution in [2.45, 2.75) is 50.8 Å². The van der Waals surface area contributed by atoms with Crippen molar-refractivity contribution < 1.29 is 18.7 Å². The number of carbonyl (C=O) groups is 1. The average molecular weight is 450 g/mol. The fraction of sp³-hybridized carbons (Fsp3) is 0.478. The summed E-state index contributed by atoms with van der Waals surface area (Å²) in [6.07, 6.45) is 9.39. The number of ether oxygens (including phenoxy) is 2. The van der Waals surface area contributed by atoms with E-state index in [4.69, 9.17) is 14.5 Å². The second kappa shape index (κ2) is 6.79. The third kappa shape index (κ3) is 3.03. The first-order valence-corrected chi connectivity index (χ1v) is 11.5. The highest BCUT2D eigenvalue weighted by Crippen LogP contribution is 2.46. The number of amides is 1. The normalized spacial score (nSPS) is 25.1. The van der Waals surface area contributed by atoms with Crippen molar-refractivity contribution in [2.24, 2.45) is 5.41 Å². The number of rotatable bonds is 0. The van der Waals surface area contributed by atoms with Gasteiger partial charge in [-0.1, -0.05) is 0 Å². The first-order valence-electron chi connectivity index (χ1n) is 11.5. The third-order valence-electron chi connectivity index (χ3n) is 7.38. The van der Waals surface area contributed by atoms with Gasteiger partial charge in [0.1, 0.15) is 17.5 Å². The van der Waals surface area contributed by atoms with Crippen LogP contribution in [0.25, 0.3) is 5.65 Å². The van der Waals surface area contributed by atoms with Gasteiger partial charge in [0, 0.05) is 17.5 Å². The highest BCUT2D eigenvalue weighted by molar-refractivity contribution is 6.00. The zero-order chi connectivity index (χ0) is 22.2. The van der Waals surface area contributed by atoms with Crippen molar-refractivity contribution in [3.8, 4) is 11.6 Å². The summed E-state index contributed by atoms with van der Waals surface area (Å²) in [7, 11) is 0. The molecule has 2 fully saturated rings. The Morgan fingerprint density at radius 2 is 2.15 bits per heavy atom. The van der Waals surface area contributed by atoms with E-state index in [1.807, 2.05) is 0 Å². The molecule has 33 heavy (non-hydrogen) atoms. The van der Waals surface area contributed by atoms with Crippen LogP contribution >= 0.6 is 0 Å². The van der Waals surface area contributed by atoms with Gasteiger partial charge in [-0.25, -0.2) is 18.9 Å². The molecule has 2 aliphatic carbocycles. The molecule has 0 aromatic carbocycles. The topological polar surface area (TPSA) is 93.9 Å². The van der Waals surface area contributed by atoms with Crippen LogP contribution < -0.4 is 19.7 Å². The lowest BCUT2D eigenvalue weighted by Gasteiger charge is -2.39. The SMILES string of the molecule is O=C1NCC2(CC2)COc2ncc(F)cc2CN2c3nc4c1cnn4cc3O[C@H]1CCC[C@H]12. The Balaban J connectivity index is 1.41. The molecule has 1 N–H and O–H groups in total. The van der Waals surface area contributed by atoms with Crippen LogP contribution in [-0.4, -0.2) is 50.8 Å². The highest BCUT2D eigenvalue weighted by atomic mass is 19.1. The van der Waals surface area contributed by atoms with Crippen molar-refractivity contribution in [1.82, 2.24) is 24.9 Å². The van der Waals surface area contributed by atoms with Gasteiger partial charge in [0.05, 0.1) is 37.8 Å². The minimum atomic E-state index is -0.398. The van der Waals surface area contributed by atoms with E-state index in [1.54, 1.807) is 16.9 Å². The van der Waals surface area contributed by atoms with Crippen molar-refractivity contribution in [3.63, 3.8) is 0 Å². The van der Waals surface area contributed by atoms with Crippen LogP contribution in [0.2, 0.25) is 0 Å². The third-order valence-corrected chi connectivity index (χ3v) is 7.38. The van der Waals surface area contributed by atoms with E-state index in [0.29, 0.717) is 53.9 Å². The fourth-order valence-electron chi connectivity index (χ4n) is 5.28. The molecule has 3 aromatic heterocycles. The van der Waals surface area contributed by atoms with Crippen molar-refractivity contribution in [1.29, 1.82) is 0 Å². The Bertz CT molecular complexity index is 1290. The molecule has 2 bridgehead atoms. The predicted octanol–water partition coefficient (Wildman–Crippen LogP) is 2.49. The summed E-state index contributed by atoms with van der Waals surface area (Å²) in [5, 5.41) is 7.39. The maximum Gasteiger partial charge on any atom is 0.256 e. The van der Waals surface area contributed by atoms with Crippen LogP contribution in [-0.2, 0) is 6.54 Å². The van der Waals surface area contributed by atoms with Crippen LogP contribution in [0.1, 0.15) is 48.0 Å². The molecule has 3 aromatic rings. The van der Waals surface area contributed by atoms with Gasteiger partial charge in [0.2, 0.25) is 5.88 Å². The van der Waals surface area contributed by atoms with Gasteiger partial charge in [-0.2, -0.15) is 5.10 Å². The van der Waals surface area contributed by atoms with E-state index < -0.39 is 5.82 Å². The summed E-state index contributed by atoms with van der Waals surface area (Å²) in [6.45, 7) is 1.30. The lowest BCUT2D eigenvalue weighted by Crippen LogP contribution is -2.47. The quantitative estimate of drug-likeness (QED) is 0.562. The molecular weight excluding hydrogens is 427 g/mol. The van der Waals surface area contributed by atoms with Crippen LogP contribution in [0.15, 0.2) is 24.7 Å². The Morgan fingerprint density at radius 1 is 1.24 bits per heavy atom.